The molecule has 0 saturated carbocycles. The number of carboxylic acids is 1. The van der Waals surface area contributed by atoms with E-state index in [9.17, 15) is 4.79 Å². The molecule has 2 heterocycles. The third kappa shape index (κ3) is 2.64. The Kier molecular flexibility index (Phi) is 3.37. The van der Waals surface area contributed by atoms with E-state index in [2.05, 4.69) is 10.1 Å². The third-order valence-electron chi connectivity index (χ3n) is 3.20. The van der Waals surface area contributed by atoms with Gasteiger partial charge in [-0.1, -0.05) is 23.4 Å². The van der Waals surface area contributed by atoms with Crippen molar-refractivity contribution in [2.75, 3.05) is 0 Å². The van der Waals surface area contributed by atoms with Gasteiger partial charge in [0.15, 0.2) is 6.10 Å². The molecule has 0 saturated heterocycles. The fourth-order valence-corrected chi connectivity index (χ4v) is 2.22. The minimum atomic E-state index is -0.820. The fraction of sp³-hybridized carbons (Fsp3) is 0.357. The summed E-state index contributed by atoms with van der Waals surface area (Å²) in [5.41, 5.74) is 1.13. The van der Waals surface area contributed by atoms with Crippen LogP contribution in [0.3, 0.4) is 0 Å². The lowest BCUT2D eigenvalue weighted by Crippen LogP contribution is -2.05. The summed E-state index contributed by atoms with van der Waals surface area (Å²) in [5, 5.41) is 12.5. The third-order valence-corrected chi connectivity index (χ3v) is 3.20. The van der Waals surface area contributed by atoms with Crippen LogP contribution in [0.1, 0.15) is 36.2 Å². The number of hydrogen-bond acceptors (Lipinski definition) is 5. The maximum atomic E-state index is 10.4. The van der Waals surface area contributed by atoms with Crippen LogP contribution < -0.4 is 4.74 Å². The first-order valence-electron chi connectivity index (χ1n) is 6.51. The molecule has 20 heavy (non-hydrogen) atoms. The molecule has 104 valence electrons. The highest BCUT2D eigenvalue weighted by Crippen LogP contribution is 2.35. The molecule has 0 amide bonds. The zero-order valence-corrected chi connectivity index (χ0v) is 10.8. The van der Waals surface area contributed by atoms with E-state index < -0.39 is 5.97 Å². The number of aromatic nitrogens is 2. The Morgan fingerprint density at radius 2 is 2.25 bits per heavy atom. The maximum Gasteiger partial charge on any atom is 0.303 e. The zero-order chi connectivity index (χ0) is 13.9. The van der Waals surface area contributed by atoms with Crippen LogP contribution in [-0.4, -0.2) is 21.2 Å². The Labute approximate surface area is 115 Å². The van der Waals surface area contributed by atoms with Gasteiger partial charge in [0.1, 0.15) is 5.75 Å². The number of aliphatic carboxylic acids is 1. The van der Waals surface area contributed by atoms with Gasteiger partial charge in [0, 0.05) is 19.3 Å². The van der Waals surface area contributed by atoms with Crippen LogP contribution in [0.5, 0.6) is 5.75 Å². The molecule has 0 bridgehead atoms. The monoisotopic (exact) mass is 274 g/mol. The highest BCUT2D eigenvalue weighted by Gasteiger charge is 2.28. The lowest BCUT2D eigenvalue weighted by Gasteiger charge is -2.04. The van der Waals surface area contributed by atoms with Crippen molar-refractivity contribution >= 4 is 5.97 Å². The Balaban J connectivity index is 1.62. The molecule has 0 aliphatic carbocycles. The number of aryl methyl sites for hydroxylation is 1. The van der Waals surface area contributed by atoms with Gasteiger partial charge in [-0.2, -0.15) is 4.98 Å². The Morgan fingerprint density at radius 3 is 3.05 bits per heavy atom. The van der Waals surface area contributed by atoms with Crippen LogP contribution >= 0.6 is 0 Å². The molecular formula is C14H14N2O4. The minimum absolute atomic E-state index is 0.100. The van der Waals surface area contributed by atoms with Crippen LogP contribution in [0.15, 0.2) is 28.8 Å². The van der Waals surface area contributed by atoms with E-state index in [0.29, 0.717) is 24.6 Å². The van der Waals surface area contributed by atoms with Crippen molar-refractivity contribution in [3.63, 3.8) is 0 Å². The Morgan fingerprint density at radius 1 is 1.40 bits per heavy atom. The van der Waals surface area contributed by atoms with Crippen molar-refractivity contribution in [1.29, 1.82) is 0 Å². The summed E-state index contributed by atoms with van der Waals surface area (Å²) in [6.07, 6.45) is 1.57. The smallest absolute Gasteiger partial charge is 0.303 e. The second-order valence-electron chi connectivity index (χ2n) is 4.71. The number of benzene rings is 1. The molecule has 6 nitrogen and oxygen atoms in total. The van der Waals surface area contributed by atoms with Crippen molar-refractivity contribution < 1.29 is 19.2 Å². The average Bonchev–Trinajstić information content (AvgIpc) is 3.03. The van der Waals surface area contributed by atoms with E-state index in [1.165, 1.54) is 0 Å². The minimum Gasteiger partial charge on any atom is -0.482 e. The molecule has 1 unspecified atom stereocenters. The predicted octanol–water partition coefficient (Wildman–Crippen LogP) is 2.15. The van der Waals surface area contributed by atoms with E-state index >= 15 is 0 Å². The standard InChI is InChI=1S/C14H14N2O4/c17-13(18)7-3-6-12-15-14(16-20-12)11-8-9-4-1-2-5-10(9)19-11/h1-2,4-5,11H,3,6-8H2,(H,17,18). The molecule has 0 fully saturated rings. The number of nitrogens with zero attached hydrogens (tertiary/aromatic N) is 2. The number of carboxylic acid groups (broad SMARTS) is 1. The molecule has 1 atom stereocenters. The highest BCUT2D eigenvalue weighted by molar-refractivity contribution is 5.66. The summed E-state index contributed by atoms with van der Waals surface area (Å²) in [5.74, 6) is 1.02. The SMILES string of the molecule is O=C(O)CCCc1nc(C2Cc3ccccc3O2)no1. The zero-order valence-electron chi connectivity index (χ0n) is 10.8. The molecular weight excluding hydrogens is 260 g/mol. The van der Waals surface area contributed by atoms with Gasteiger partial charge in [-0.15, -0.1) is 0 Å². The first-order chi connectivity index (χ1) is 9.72. The first kappa shape index (κ1) is 12.7. The Hall–Kier alpha value is -2.37. The number of ether oxygens (including phenoxy) is 1. The Bertz CT molecular complexity index is 598. The van der Waals surface area contributed by atoms with Crippen LogP contribution in [0, 0.1) is 0 Å². The number of para-hydroxylation sites is 1. The van der Waals surface area contributed by atoms with Gasteiger partial charge in [-0.3, -0.25) is 4.79 Å². The summed E-state index contributed by atoms with van der Waals surface area (Å²) >= 11 is 0. The van der Waals surface area contributed by atoms with Gasteiger partial charge in [0.25, 0.3) is 0 Å². The van der Waals surface area contributed by atoms with E-state index in [4.69, 9.17) is 14.4 Å². The molecule has 6 heteroatoms. The van der Waals surface area contributed by atoms with Crippen LogP contribution in [0.25, 0.3) is 0 Å². The summed E-state index contributed by atoms with van der Waals surface area (Å²) < 4.78 is 10.9. The largest absolute Gasteiger partial charge is 0.482 e. The van der Waals surface area contributed by atoms with Crippen molar-refractivity contribution in [3.05, 3.63) is 41.5 Å². The van der Waals surface area contributed by atoms with Gasteiger partial charge in [-0.25, -0.2) is 0 Å². The van der Waals surface area contributed by atoms with E-state index in [1.54, 1.807) is 0 Å². The van der Waals surface area contributed by atoms with Gasteiger partial charge >= 0.3 is 5.97 Å². The summed E-state index contributed by atoms with van der Waals surface area (Å²) in [6.45, 7) is 0. The average molecular weight is 274 g/mol. The van der Waals surface area contributed by atoms with Gasteiger partial charge < -0.3 is 14.4 Å². The number of hydrogen-bond donors (Lipinski definition) is 1. The summed E-state index contributed by atoms with van der Waals surface area (Å²) in [6, 6.07) is 7.83. The molecule has 0 spiro atoms. The first-order valence-corrected chi connectivity index (χ1v) is 6.51. The van der Waals surface area contributed by atoms with Crippen molar-refractivity contribution in [3.8, 4) is 5.75 Å². The topological polar surface area (TPSA) is 85.5 Å². The normalized spacial score (nSPS) is 16.7. The van der Waals surface area contributed by atoms with Crippen molar-refractivity contribution in [1.82, 2.24) is 10.1 Å². The molecule has 1 aliphatic heterocycles. The van der Waals surface area contributed by atoms with Gasteiger partial charge in [0.2, 0.25) is 11.7 Å². The second kappa shape index (κ2) is 5.32. The summed E-state index contributed by atoms with van der Waals surface area (Å²) in [4.78, 5) is 14.7. The van der Waals surface area contributed by atoms with Crippen LogP contribution in [0.4, 0.5) is 0 Å². The molecule has 1 aliphatic rings. The van der Waals surface area contributed by atoms with E-state index in [-0.39, 0.29) is 12.5 Å². The number of fused-ring (bicyclic) bond motifs is 1. The van der Waals surface area contributed by atoms with Crippen molar-refractivity contribution in [2.45, 2.75) is 31.8 Å². The second-order valence-corrected chi connectivity index (χ2v) is 4.71. The molecule has 1 N–H and O–H groups in total. The summed E-state index contributed by atoms with van der Waals surface area (Å²) in [7, 11) is 0. The molecule has 1 aromatic carbocycles. The molecule has 1 aromatic heterocycles. The molecule has 2 aromatic rings. The van der Waals surface area contributed by atoms with Crippen LogP contribution in [0.2, 0.25) is 0 Å². The van der Waals surface area contributed by atoms with Crippen molar-refractivity contribution in [2.24, 2.45) is 0 Å². The lowest BCUT2D eigenvalue weighted by molar-refractivity contribution is -0.137. The number of carbonyl (C=O) groups is 1. The quantitative estimate of drug-likeness (QED) is 0.899. The predicted molar refractivity (Wildman–Crippen MR) is 68.4 cm³/mol. The fourth-order valence-electron chi connectivity index (χ4n) is 2.22. The van der Waals surface area contributed by atoms with Gasteiger partial charge in [-0.05, 0) is 18.1 Å². The number of rotatable bonds is 5. The van der Waals surface area contributed by atoms with Crippen LogP contribution in [-0.2, 0) is 17.6 Å². The van der Waals surface area contributed by atoms with Gasteiger partial charge in [0.05, 0.1) is 0 Å². The van der Waals surface area contributed by atoms with E-state index in [0.717, 1.165) is 17.7 Å². The molecule has 0 radical (unpaired) electrons. The highest BCUT2D eigenvalue weighted by atomic mass is 16.5. The lowest BCUT2D eigenvalue weighted by atomic mass is 10.1. The molecule has 3 rings (SSSR count). The maximum absolute atomic E-state index is 10.4. The van der Waals surface area contributed by atoms with E-state index in [1.807, 2.05) is 24.3 Å².